The highest BCUT2D eigenvalue weighted by Crippen LogP contribution is 2.33. The zero-order chi connectivity index (χ0) is 13.8. The van der Waals surface area contributed by atoms with Crippen LogP contribution in [-0.2, 0) is 4.74 Å². The number of nitrogen functional groups attached to an aromatic ring is 1. The Balaban J connectivity index is 2.16. The van der Waals surface area contributed by atoms with Crippen molar-refractivity contribution in [3.63, 3.8) is 0 Å². The third kappa shape index (κ3) is 3.02. The fraction of sp³-hybridized carbons (Fsp3) is 0.308. The average molecular weight is 282 g/mol. The van der Waals surface area contributed by atoms with Crippen molar-refractivity contribution >= 4 is 33.0 Å². The molecule has 0 aliphatic heterocycles. The van der Waals surface area contributed by atoms with Crippen molar-refractivity contribution in [2.75, 3.05) is 25.5 Å². The molecular weight excluding hydrogens is 267 g/mol. The van der Waals surface area contributed by atoms with Crippen molar-refractivity contribution in [2.45, 2.75) is 6.92 Å². The normalized spacial score (nSPS) is 10.8. The van der Waals surface area contributed by atoms with Gasteiger partial charge in [0.1, 0.15) is 10.7 Å². The number of nitrogens with two attached hydrogens (primary N) is 1. The molecule has 102 valence electrons. The van der Waals surface area contributed by atoms with Crippen LogP contribution in [0, 0.1) is 5.82 Å². The smallest absolute Gasteiger partial charge is 0.263 e. The van der Waals surface area contributed by atoms with Crippen molar-refractivity contribution in [1.82, 2.24) is 5.32 Å². The molecule has 1 amide bonds. The van der Waals surface area contributed by atoms with E-state index in [2.05, 4.69) is 5.32 Å². The highest BCUT2D eigenvalue weighted by atomic mass is 32.1. The Morgan fingerprint density at radius 3 is 3.05 bits per heavy atom. The summed E-state index contributed by atoms with van der Waals surface area (Å²) in [4.78, 5) is 12.4. The molecule has 0 saturated carbocycles. The van der Waals surface area contributed by atoms with Crippen molar-refractivity contribution in [2.24, 2.45) is 0 Å². The Bertz CT molecular complexity index is 598. The lowest BCUT2D eigenvalue weighted by molar-refractivity contribution is 0.0927. The van der Waals surface area contributed by atoms with Gasteiger partial charge in [-0.05, 0) is 25.1 Å². The lowest BCUT2D eigenvalue weighted by Crippen LogP contribution is -2.27. The fourth-order valence-corrected chi connectivity index (χ4v) is 2.74. The fourth-order valence-electron chi connectivity index (χ4n) is 1.72. The van der Waals surface area contributed by atoms with E-state index >= 15 is 0 Å². The van der Waals surface area contributed by atoms with Gasteiger partial charge in [0.2, 0.25) is 0 Å². The van der Waals surface area contributed by atoms with E-state index in [1.54, 1.807) is 6.07 Å². The highest BCUT2D eigenvalue weighted by molar-refractivity contribution is 7.21. The summed E-state index contributed by atoms with van der Waals surface area (Å²) < 4.78 is 19.1. The van der Waals surface area contributed by atoms with Crippen LogP contribution in [-0.4, -0.2) is 25.7 Å². The molecule has 6 heteroatoms. The van der Waals surface area contributed by atoms with E-state index in [9.17, 15) is 9.18 Å². The van der Waals surface area contributed by atoms with Gasteiger partial charge in [-0.2, -0.15) is 0 Å². The molecule has 0 unspecified atom stereocenters. The quantitative estimate of drug-likeness (QED) is 0.828. The lowest BCUT2D eigenvalue weighted by atomic mass is 10.2. The number of thiophene rings is 1. The van der Waals surface area contributed by atoms with Gasteiger partial charge in [0.05, 0.1) is 12.3 Å². The molecule has 0 aliphatic carbocycles. The number of carbonyl (C=O) groups excluding carboxylic acids is 1. The van der Waals surface area contributed by atoms with Crippen LogP contribution in [0.3, 0.4) is 0 Å². The molecule has 0 aliphatic rings. The number of halogens is 1. The highest BCUT2D eigenvalue weighted by Gasteiger charge is 2.16. The number of rotatable bonds is 5. The Morgan fingerprint density at radius 2 is 2.32 bits per heavy atom. The summed E-state index contributed by atoms with van der Waals surface area (Å²) in [5.74, 6) is -0.612. The molecule has 0 radical (unpaired) electrons. The molecule has 3 N–H and O–H groups in total. The predicted octanol–water partition coefficient (Wildman–Crippen LogP) is 2.39. The first-order valence-electron chi connectivity index (χ1n) is 5.97. The summed E-state index contributed by atoms with van der Waals surface area (Å²) in [6.45, 7) is 3.39. The molecule has 1 aromatic heterocycles. The number of fused-ring (bicyclic) bond motifs is 1. The molecular formula is C13H15FN2O2S. The molecule has 0 fully saturated rings. The van der Waals surface area contributed by atoms with Crippen LogP contribution in [0.25, 0.3) is 10.1 Å². The molecule has 0 bridgehead atoms. The van der Waals surface area contributed by atoms with Gasteiger partial charge in [-0.15, -0.1) is 11.3 Å². The number of anilines is 1. The van der Waals surface area contributed by atoms with Crippen LogP contribution in [0.4, 0.5) is 10.1 Å². The van der Waals surface area contributed by atoms with Crippen LogP contribution in [0.15, 0.2) is 18.2 Å². The topological polar surface area (TPSA) is 64.3 Å². The largest absolute Gasteiger partial charge is 0.397 e. The first-order valence-corrected chi connectivity index (χ1v) is 6.78. The first-order chi connectivity index (χ1) is 9.13. The Morgan fingerprint density at radius 1 is 1.53 bits per heavy atom. The maximum atomic E-state index is 13.1. The van der Waals surface area contributed by atoms with E-state index in [-0.39, 0.29) is 11.7 Å². The standard InChI is InChI=1S/C13H15FN2O2S/c1-2-18-6-5-16-13(17)12-11(15)9-7-8(14)3-4-10(9)19-12/h3-4,7H,2,5-6,15H2,1H3,(H,16,17). The zero-order valence-corrected chi connectivity index (χ0v) is 11.3. The number of carbonyl (C=O) groups is 1. The maximum Gasteiger partial charge on any atom is 0.263 e. The second-order valence-corrected chi connectivity index (χ2v) is 4.99. The summed E-state index contributed by atoms with van der Waals surface area (Å²) in [5, 5.41) is 3.31. The molecule has 0 atom stereocenters. The van der Waals surface area contributed by atoms with E-state index in [0.29, 0.717) is 35.7 Å². The van der Waals surface area contributed by atoms with Crippen LogP contribution in [0.5, 0.6) is 0 Å². The molecule has 0 saturated heterocycles. The number of ether oxygens (including phenoxy) is 1. The van der Waals surface area contributed by atoms with Gasteiger partial charge in [0, 0.05) is 23.2 Å². The molecule has 2 rings (SSSR count). The van der Waals surface area contributed by atoms with E-state index in [1.165, 1.54) is 23.5 Å². The minimum atomic E-state index is -0.361. The predicted molar refractivity (Wildman–Crippen MR) is 75.0 cm³/mol. The van der Waals surface area contributed by atoms with Crippen molar-refractivity contribution in [1.29, 1.82) is 0 Å². The van der Waals surface area contributed by atoms with Gasteiger partial charge >= 0.3 is 0 Å². The Kier molecular flexibility index (Phi) is 4.34. The third-order valence-electron chi connectivity index (χ3n) is 2.63. The zero-order valence-electron chi connectivity index (χ0n) is 10.5. The van der Waals surface area contributed by atoms with Crippen LogP contribution in [0.1, 0.15) is 16.6 Å². The first kappa shape index (κ1) is 13.8. The summed E-state index contributed by atoms with van der Waals surface area (Å²) in [7, 11) is 0. The van der Waals surface area contributed by atoms with Gasteiger partial charge in [0.15, 0.2) is 0 Å². The average Bonchev–Trinajstić information content (AvgIpc) is 2.72. The summed E-state index contributed by atoms with van der Waals surface area (Å²) >= 11 is 1.26. The molecule has 4 nitrogen and oxygen atoms in total. The Hall–Kier alpha value is -1.66. The van der Waals surface area contributed by atoms with Crippen molar-refractivity contribution < 1.29 is 13.9 Å². The monoisotopic (exact) mass is 282 g/mol. The van der Waals surface area contributed by atoms with Gasteiger partial charge < -0.3 is 15.8 Å². The third-order valence-corrected chi connectivity index (χ3v) is 3.82. The minimum absolute atomic E-state index is 0.251. The molecule has 0 spiro atoms. The lowest BCUT2D eigenvalue weighted by Gasteiger charge is -2.04. The number of benzene rings is 1. The number of amides is 1. The van der Waals surface area contributed by atoms with Crippen molar-refractivity contribution in [3.05, 3.63) is 28.9 Å². The molecule has 1 aromatic carbocycles. The van der Waals surface area contributed by atoms with Crippen LogP contribution >= 0.6 is 11.3 Å². The minimum Gasteiger partial charge on any atom is -0.397 e. The van der Waals surface area contributed by atoms with Gasteiger partial charge in [0.25, 0.3) is 5.91 Å². The second kappa shape index (κ2) is 5.99. The van der Waals surface area contributed by atoms with Crippen LogP contribution < -0.4 is 11.1 Å². The number of nitrogens with one attached hydrogen (secondary N) is 1. The van der Waals surface area contributed by atoms with E-state index in [4.69, 9.17) is 10.5 Å². The summed E-state index contributed by atoms with van der Waals surface area (Å²) in [6, 6.07) is 4.33. The number of hydrogen-bond acceptors (Lipinski definition) is 4. The van der Waals surface area contributed by atoms with Gasteiger partial charge in [-0.1, -0.05) is 0 Å². The summed E-state index contributed by atoms with van der Waals surface area (Å²) in [6.07, 6.45) is 0. The van der Waals surface area contributed by atoms with Gasteiger partial charge in [-0.3, -0.25) is 4.79 Å². The van der Waals surface area contributed by atoms with Gasteiger partial charge in [-0.25, -0.2) is 4.39 Å². The SMILES string of the molecule is CCOCCNC(=O)c1sc2ccc(F)cc2c1N. The second-order valence-electron chi connectivity index (χ2n) is 3.94. The van der Waals surface area contributed by atoms with E-state index in [1.807, 2.05) is 6.92 Å². The maximum absolute atomic E-state index is 13.1. The van der Waals surface area contributed by atoms with E-state index in [0.717, 1.165) is 4.70 Å². The summed E-state index contributed by atoms with van der Waals surface area (Å²) in [5.41, 5.74) is 6.22. The van der Waals surface area contributed by atoms with E-state index < -0.39 is 0 Å². The Labute approximate surface area is 114 Å². The molecule has 1 heterocycles. The molecule has 2 aromatic rings. The van der Waals surface area contributed by atoms with Crippen molar-refractivity contribution in [3.8, 4) is 0 Å². The van der Waals surface area contributed by atoms with Crippen LogP contribution in [0.2, 0.25) is 0 Å². The molecule has 19 heavy (non-hydrogen) atoms. The number of hydrogen-bond donors (Lipinski definition) is 2.